The molecular formula is C10H15ClN4. The van der Waals surface area contributed by atoms with Gasteiger partial charge in [0.15, 0.2) is 5.15 Å². The molecule has 0 unspecified atom stereocenters. The van der Waals surface area contributed by atoms with Crippen LogP contribution in [0.5, 0.6) is 0 Å². The van der Waals surface area contributed by atoms with Crippen molar-refractivity contribution in [1.82, 2.24) is 10.2 Å². The van der Waals surface area contributed by atoms with E-state index in [2.05, 4.69) is 15.5 Å². The minimum atomic E-state index is 0.388. The standard InChI is InChI=1S/C10H15ClN4/c11-10-5-8(9(6-12)14-15-10)13-7-3-1-2-4-7/h5,7H,1-4,6,12H2,(H,13,15). The molecule has 0 aliphatic heterocycles. The molecule has 0 amide bonds. The largest absolute Gasteiger partial charge is 0.381 e. The van der Waals surface area contributed by atoms with E-state index in [9.17, 15) is 0 Å². The molecule has 5 heteroatoms. The van der Waals surface area contributed by atoms with Gasteiger partial charge in [-0.3, -0.25) is 0 Å². The van der Waals surface area contributed by atoms with Gasteiger partial charge >= 0.3 is 0 Å². The Bertz CT molecular complexity index is 336. The van der Waals surface area contributed by atoms with Crippen LogP contribution in [0.3, 0.4) is 0 Å². The Morgan fingerprint density at radius 3 is 2.80 bits per heavy atom. The van der Waals surface area contributed by atoms with Crippen molar-refractivity contribution >= 4 is 17.3 Å². The van der Waals surface area contributed by atoms with E-state index >= 15 is 0 Å². The van der Waals surface area contributed by atoms with Crippen molar-refractivity contribution in [2.75, 3.05) is 5.32 Å². The highest BCUT2D eigenvalue weighted by Gasteiger charge is 2.16. The number of hydrogen-bond acceptors (Lipinski definition) is 4. The molecule has 0 radical (unpaired) electrons. The van der Waals surface area contributed by atoms with Crippen molar-refractivity contribution in [3.63, 3.8) is 0 Å². The number of nitrogens with one attached hydrogen (secondary N) is 1. The lowest BCUT2D eigenvalue weighted by Crippen LogP contribution is -2.17. The summed E-state index contributed by atoms with van der Waals surface area (Å²) in [7, 11) is 0. The Balaban J connectivity index is 2.14. The molecule has 1 fully saturated rings. The second-order valence-corrected chi connectivity index (χ2v) is 4.24. The van der Waals surface area contributed by atoms with Gasteiger partial charge in [0.2, 0.25) is 0 Å². The van der Waals surface area contributed by atoms with Crippen LogP contribution in [0.15, 0.2) is 6.07 Å². The molecule has 1 aromatic rings. The smallest absolute Gasteiger partial charge is 0.153 e. The maximum Gasteiger partial charge on any atom is 0.153 e. The van der Waals surface area contributed by atoms with Crippen LogP contribution in [0, 0.1) is 0 Å². The van der Waals surface area contributed by atoms with E-state index in [4.69, 9.17) is 17.3 Å². The summed E-state index contributed by atoms with van der Waals surface area (Å²) in [6, 6.07) is 2.34. The van der Waals surface area contributed by atoms with Crippen molar-refractivity contribution < 1.29 is 0 Å². The minimum absolute atomic E-state index is 0.388. The maximum absolute atomic E-state index is 5.80. The quantitative estimate of drug-likeness (QED) is 0.827. The second kappa shape index (κ2) is 4.77. The molecule has 0 bridgehead atoms. The van der Waals surface area contributed by atoms with Gasteiger partial charge in [0.25, 0.3) is 0 Å². The average Bonchev–Trinajstić information content (AvgIpc) is 2.71. The number of halogens is 1. The normalized spacial score (nSPS) is 16.9. The highest BCUT2D eigenvalue weighted by atomic mass is 35.5. The Labute approximate surface area is 94.2 Å². The van der Waals surface area contributed by atoms with Crippen molar-refractivity contribution in [2.24, 2.45) is 5.73 Å². The average molecular weight is 227 g/mol. The summed E-state index contributed by atoms with van der Waals surface area (Å²) in [5.41, 5.74) is 7.31. The van der Waals surface area contributed by atoms with E-state index < -0.39 is 0 Å². The lowest BCUT2D eigenvalue weighted by molar-refractivity contribution is 0.748. The van der Waals surface area contributed by atoms with Crippen molar-refractivity contribution in [2.45, 2.75) is 38.3 Å². The maximum atomic E-state index is 5.80. The number of hydrogen-bond donors (Lipinski definition) is 2. The molecule has 4 nitrogen and oxygen atoms in total. The molecule has 82 valence electrons. The number of anilines is 1. The first-order valence-corrected chi connectivity index (χ1v) is 5.66. The SMILES string of the molecule is NCc1nnc(Cl)cc1NC1CCCC1. The Morgan fingerprint density at radius 1 is 1.40 bits per heavy atom. The fraction of sp³-hybridized carbons (Fsp3) is 0.600. The number of aromatic nitrogens is 2. The molecule has 0 aromatic carbocycles. The van der Waals surface area contributed by atoms with Crippen molar-refractivity contribution in [3.05, 3.63) is 16.9 Å². The van der Waals surface area contributed by atoms with Crippen LogP contribution in [0.2, 0.25) is 5.15 Å². The zero-order valence-corrected chi connectivity index (χ0v) is 9.30. The molecule has 2 rings (SSSR count). The summed E-state index contributed by atoms with van der Waals surface area (Å²) in [6.45, 7) is 0.388. The lowest BCUT2D eigenvalue weighted by atomic mass is 10.2. The Kier molecular flexibility index (Phi) is 3.38. The molecule has 0 spiro atoms. The highest BCUT2D eigenvalue weighted by molar-refractivity contribution is 6.29. The molecule has 1 aromatic heterocycles. The third-order valence-corrected chi connectivity index (χ3v) is 2.93. The van der Waals surface area contributed by atoms with E-state index in [-0.39, 0.29) is 0 Å². The van der Waals surface area contributed by atoms with E-state index in [0.717, 1.165) is 11.4 Å². The van der Waals surface area contributed by atoms with Crippen molar-refractivity contribution in [1.29, 1.82) is 0 Å². The van der Waals surface area contributed by atoms with Crippen LogP contribution < -0.4 is 11.1 Å². The van der Waals surface area contributed by atoms with E-state index in [1.807, 2.05) is 0 Å². The molecule has 0 saturated heterocycles. The molecule has 0 atom stereocenters. The molecule has 1 aliphatic rings. The lowest BCUT2D eigenvalue weighted by Gasteiger charge is -2.15. The first-order valence-electron chi connectivity index (χ1n) is 5.28. The molecule has 1 aliphatic carbocycles. The van der Waals surface area contributed by atoms with Gasteiger partial charge < -0.3 is 11.1 Å². The molecule has 1 heterocycles. The van der Waals surface area contributed by atoms with Gasteiger partial charge in [0.05, 0.1) is 11.4 Å². The minimum Gasteiger partial charge on any atom is -0.381 e. The van der Waals surface area contributed by atoms with Gasteiger partial charge in [0.1, 0.15) is 0 Å². The van der Waals surface area contributed by atoms with E-state index in [0.29, 0.717) is 17.7 Å². The van der Waals surface area contributed by atoms with Gasteiger partial charge in [-0.2, -0.15) is 5.10 Å². The van der Waals surface area contributed by atoms with Gasteiger partial charge in [0, 0.05) is 18.7 Å². The van der Waals surface area contributed by atoms with Crippen LogP contribution in [0.1, 0.15) is 31.4 Å². The number of nitrogens with two attached hydrogens (primary N) is 1. The number of rotatable bonds is 3. The molecular weight excluding hydrogens is 212 g/mol. The van der Waals surface area contributed by atoms with Gasteiger partial charge in [-0.15, -0.1) is 5.10 Å². The van der Waals surface area contributed by atoms with Crippen LogP contribution in [-0.2, 0) is 6.54 Å². The fourth-order valence-corrected chi connectivity index (χ4v) is 2.11. The monoisotopic (exact) mass is 226 g/mol. The molecule has 1 saturated carbocycles. The number of nitrogens with zero attached hydrogens (tertiary/aromatic N) is 2. The molecule has 3 N–H and O–H groups in total. The van der Waals surface area contributed by atoms with Crippen LogP contribution >= 0.6 is 11.6 Å². The first-order chi connectivity index (χ1) is 7.29. The highest BCUT2D eigenvalue weighted by Crippen LogP contribution is 2.24. The van der Waals surface area contributed by atoms with Gasteiger partial charge in [-0.1, -0.05) is 24.4 Å². The summed E-state index contributed by atoms with van der Waals surface area (Å²) in [4.78, 5) is 0. The predicted octanol–water partition coefficient (Wildman–Crippen LogP) is 1.94. The van der Waals surface area contributed by atoms with Gasteiger partial charge in [-0.25, -0.2) is 0 Å². The Hall–Kier alpha value is -0.870. The molecule has 15 heavy (non-hydrogen) atoms. The predicted molar refractivity (Wildman–Crippen MR) is 60.8 cm³/mol. The third kappa shape index (κ3) is 2.58. The summed E-state index contributed by atoms with van der Waals surface area (Å²) in [6.07, 6.45) is 5.01. The zero-order valence-electron chi connectivity index (χ0n) is 8.54. The summed E-state index contributed by atoms with van der Waals surface area (Å²) in [5, 5.41) is 11.6. The van der Waals surface area contributed by atoms with Crippen molar-refractivity contribution in [3.8, 4) is 0 Å². The van der Waals surface area contributed by atoms with Crippen LogP contribution in [0.25, 0.3) is 0 Å². The van der Waals surface area contributed by atoms with E-state index in [1.54, 1.807) is 6.07 Å². The summed E-state index contributed by atoms with van der Waals surface area (Å²) in [5.74, 6) is 0. The van der Waals surface area contributed by atoms with Crippen LogP contribution in [-0.4, -0.2) is 16.2 Å². The zero-order chi connectivity index (χ0) is 10.7. The third-order valence-electron chi connectivity index (χ3n) is 2.75. The van der Waals surface area contributed by atoms with E-state index in [1.165, 1.54) is 25.7 Å². The fourth-order valence-electron chi connectivity index (χ4n) is 1.96. The Morgan fingerprint density at radius 2 is 2.13 bits per heavy atom. The second-order valence-electron chi connectivity index (χ2n) is 3.86. The summed E-state index contributed by atoms with van der Waals surface area (Å²) < 4.78 is 0. The summed E-state index contributed by atoms with van der Waals surface area (Å²) >= 11 is 5.80. The first kappa shape index (κ1) is 10.6. The van der Waals surface area contributed by atoms with Gasteiger partial charge in [-0.05, 0) is 12.8 Å². The van der Waals surface area contributed by atoms with Crippen LogP contribution in [0.4, 0.5) is 5.69 Å². The topological polar surface area (TPSA) is 63.8 Å².